The van der Waals surface area contributed by atoms with Crippen LogP contribution in [0.2, 0.25) is 0 Å². The third kappa shape index (κ3) is 3.19. The van der Waals surface area contributed by atoms with Gasteiger partial charge in [-0.3, -0.25) is 0 Å². The molecule has 21 heavy (non-hydrogen) atoms. The zero-order valence-corrected chi connectivity index (χ0v) is 12.7. The number of hydrogen-bond acceptors (Lipinski definition) is 4. The molecule has 0 aromatic heterocycles. The molecule has 2 atom stereocenters. The zero-order valence-electron chi connectivity index (χ0n) is 11.9. The molecule has 1 aromatic rings. The molecule has 2 unspecified atom stereocenters. The van der Waals surface area contributed by atoms with E-state index in [0.717, 1.165) is 18.4 Å². The van der Waals surface area contributed by atoms with E-state index in [4.69, 9.17) is 5.73 Å². The van der Waals surface area contributed by atoms with Crippen molar-refractivity contribution >= 4 is 16.1 Å². The highest BCUT2D eigenvalue weighted by atomic mass is 32.2. The molecule has 1 aliphatic rings. The molecule has 2 amide bonds. The predicted octanol–water partition coefficient (Wildman–Crippen LogP) is 1.37. The summed E-state index contributed by atoms with van der Waals surface area (Å²) in [5.41, 5.74) is 6.19. The van der Waals surface area contributed by atoms with Crippen LogP contribution in [0.25, 0.3) is 0 Å². The molecule has 7 heteroatoms. The molecule has 116 valence electrons. The molecule has 0 heterocycles. The highest BCUT2D eigenvalue weighted by Gasteiger charge is 2.39. The van der Waals surface area contributed by atoms with Crippen molar-refractivity contribution in [1.29, 1.82) is 0 Å². The molecule has 2 rings (SSSR count). The number of primary amides is 1. The maximum absolute atomic E-state index is 12.6. The van der Waals surface area contributed by atoms with Crippen LogP contribution in [0, 0.1) is 6.92 Å². The summed E-state index contributed by atoms with van der Waals surface area (Å²) in [6.07, 6.45) is 1.60. The van der Waals surface area contributed by atoms with Crippen LogP contribution in [-0.2, 0) is 10.0 Å². The summed E-state index contributed by atoms with van der Waals surface area (Å²) in [5.74, 6) is 0. The Kier molecular flexibility index (Phi) is 4.53. The number of hydrogen-bond donors (Lipinski definition) is 2. The first-order chi connectivity index (χ1) is 9.84. The normalized spacial score (nSPS) is 22.8. The van der Waals surface area contributed by atoms with E-state index in [-0.39, 0.29) is 4.90 Å². The van der Waals surface area contributed by atoms with Gasteiger partial charge in [0.05, 0.1) is 17.0 Å². The Hall–Kier alpha value is -1.60. The SMILES string of the molecule is Cc1ccc(S(=O)(=O)N(C(N)=O)C2CCCCC2O)cc1. The lowest BCUT2D eigenvalue weighted by atomic mass is 9.93. The summed E-state index contributed by atoms with van der Waals surface area (Å²) < 4.78 is 25.9. The van der Waals surface area contributed by atoms with Gasteiger partial charge in [-0.25, -0.2) is 17.5 Å². The molecule has 1 fully saturated rings. The fraction of sp³-hybridized carbons (Fsp3) is 0.500. The topological polar surface area (TPSA) is 101 Å². The molecular formula is C14H20N2O4S. The zero-order chi connectivity index (χ0) is 15.6. The van der Waals surface area contributed by atoms with Gasteiger partial charge in [0, 0.05) is 0 Å². The first-order valence-electron chi connectivity index (χ1n) is 6.92. The van der Waals surface area contributed by atoms with E-state index < -0.39 is 28.2 Å². The van der Waals surface area contributed by atoms with Crippen LogP contribution in [0.4, 0.5) is 4.79 Å². The number of aliphatic hydroxyl groups excluding tert-OH is 1. The molecular weight excluding hydrogens is 292 g/mol. The van der Waals surface area contributed by atoms with Crippen molar-refractivity contribution < 1.29 is 18.3 Å². The fourth-order valence-corrected chi connectivity index (χ4v) is 4.20. The summed E-state index contributed by atoms with van der Waals surface area (Å²) in [6.45, 7) is 1.84. The van der Waals surface area contributed by atoms with E-state index >= 15 is 0 Å². The largest absolute Gasteiger partial charge is 0.391 e. The lowest BCUT2D eigenvalue weighted by Gasteiger charge is -2.35. The van der Waals surface area contributed by atoms with Crippen molar-refractivity contribution in [3.8, 4) is 0 Å². The summed E-state index contributed by atoms with van der Waals surface area (Å²) in [7, 11) is -4.05. The van der Waals surface area contributed by atoms with Crippen molar-refractivity contribution in [3.63, 3.8) is 0 Å². The summed E-state index contributed by atoms with van der Waals surface area (Å²) in [6, 6.07) is 4.35. The number of carbonyl (C=O) groups is 1. The van der Waals surface area contributed by atoms with Gasteiger partial charge in [0.15, 0.2) is 0 Å². The van der Waals surface area contributed by atoms with E-state index in [1.807, 2.05) is 6.92 Å². The fourth-order valence-electron chi connectivity index (χ4n) is 2.65. The summed E-state index contributed by atoms with van der Waals surface area (Å²) in [4.78, 5) is 11.7. The Bertz CT molecular complexity index is 612. The van der Waals surface area contributed by atoms with Gasteiger partial charge in [0.25, 0.3) is 10.0 Å². The van der Waals surface area contributed by atoms with Gasteiger partial charge in [-0.15, -0.1) is 0 Å². The van der Waals surface area contributed by atoms with Crippen molar-refractivity contribution in [2.45, 2.75) is 49.6 Å². The van der Waals surface area contributed by atoms with Crippen molar-refractivity contribution in [2.24, 2.45) is 5.73 Å². The van der Waals surface area contributed by atoms with E-state index in [1.54, 1.807) is 12.1 Å². The van der Waals surface area contributed by atoms with E-state index in [9.17, 15) is 18.3 Å². The smallest absolute Gasteiger partial charge is 0.329 e. The number of amides is 2. The van der Waals surface area contributed by atoms with E-state index in [1.165, 1.54) is 12.1 Å². The molecule has 6 nitrogen and oxygen atoms in total. The van der Waals surface area contributed by atoms with Gasteiger partial charge in [0.2, 0.25) is 0 Å². The minimum atomic E-state index is -4.05. The maximum atomic E-state index is 12.6. The summed E-state index contributed by atoms with van der Waals surface area (Å²) in [5, 5.41) is 10.0. The third-order valence-corrected chi connectivity index (χ3v) is 5.63. The van der Waals surface area contributed by atoms with Crippen LogP contribution in [0.15, 0.2) is 29.2 Å². The second-order valence-electron chi connectivity index (χ2n) is 5.37. The minimum absolute atomic E-state index is 0.00433. The first-order valence-corrected chi connectivity index (χ1v) is 8.36. The molecule has 0 spiro atoms. The number of nitrogens with zero attached hydrogens (tertiary/aromatic N) is 1. The van der Waals surface area contributed by atoms with Crippen molar-refractivity contribution in [3.05, 3.63) is 29.8 Å². The van der Waals surface area contributed by atoms with E-state index in [2.05, 4.69) is 0 Å². The average molecular weight is 312 g/mol. The molecule has 0 aliphatic heterocycles. The Balaban J connectivity index is 2.41. The number of nitrogens with two attached hydrogens (primary N) is 1. The van der Waals surface area contributed by atoms with Crippen molar-refractivity contribution in [2.75, 3.05) is 0 Å². The Morgan fingerprint density at radius 2 is 1.81 bits per heavy atom. The van der Waals surface area contributed by atoms with Crippen LogP contribution in [0.5, 0.6) is 0 Å². The highest BCUT2D eigenvalue weighted by molar-refractivity contribution is 7.89. The number of benzene rings is 1. The minimum Gasteiger partial charge on any atom is -0.391 e. The van der Waals surface area contributed by atoms with Crippen LogP contribution >= 0.6 is 0 Å². The highest BCUT2D eigenvalue weighted by Crippen LogP contribution is 2.28. The number of sulfonamides is 1. The number of aryl methyl sites for hydroxylation is 1. The van der Waals surface area contributed by atoms with Crippen LogP contribution in [-0.4, -0.2) is 36.0 Å². The first kappa shape index (κ1) is 15.8. The molecule has 0 bridgehead atoms. The van der Waals surface area contributed by atoms with Gasteiger partial charge in [0.1, 0.15) is 0 Å². The second-order valence-corrected chi connectivity index (χ2v) is 7.19. The quantitative estimate of drug-likeness (QED) is 0.880. The molecule has 0 radical (unpaired) electrons. The number of carbonyl (C=O) groups excluding carboxylic acids is 1. The number of rotatable bonds is 3. The van der Waals surface area contributed by atoms with Crippen LogP contribution < -0.4 is 5.73 Å². The number of urea groups is 1. The monoisotopic (exact) mass is 312 g/mol. The lowest BCUT2D eigenvalue weighted by molar-refractivity contribution is 0.0665. The van der Waals surface area contributed by atoms with Gasteiger partial charge < -0.3 is 10.8 Å². The Morgan fingerprint density at radius 1 is 1.24 bits per heavy atom. The van der Waals surface area contributed by atoms with Gasteiger partial charge in [-0.05, 0) is 31.9 Å². The van der Waals surface area contributed by atoms with E-state index in [0.29, 0.717) is 17.1 Å². The standard InChI is InChI=1S/C14H20N2O4S/c1-10-6-8-11(9-7-10)21(19,20)16(14(15)18)12-4-2-3-5-13(12)17/h6-9,12-13,17H,2-5H2,1H3,(H2,15,18). The van der Waals surface area contributed by atoms with Crippen LogP contribution in [0.1, 0.15) is 31.2 Å². The lowest BCUT2D eigenvalue weighted by Crippen LogP contribution is -2.53. The third-order valence-electron chi connectivity index (χ3n) is 3.79. The predicted molar refractivity (Wildman–Crippen MR) is 78.1 cm³/mol. The van der Waals surface area contributed by atoms with Crippen molar-refractivity contribution in [1.82, 2.24) is 4.31 Å². The van der Waals surface area contributed by atoms with Gasteiger partial charge in [-0.2, -0.15) is 0 Å². The average Bonchev–Trinajstić information content (AvgIpc) is 2.41. The van der Waals surface area contributed by atoms with Gasteiger partial charge in [-0.1, -0.05) is 30.5 Å². The maximum Gasteiger partial charge on any atom is 0.329 e. The number of aliphatic hydroxyl groups is 1. The van der Waals surface area contributed by atoms with Gasteiger partial charge >= 0.3 is 6.03 Å². The molecule has 1 aliphatic carbocycles. The summed E-state index contributed by atoms with van der Waals surface area (Å²) >= 11 is 0. The Morgan fingerprint density at radius 3 is 2.33 bits per heavy atom. The molecule has 0 saturated heterocycles. The molecule has 1 saturated carbocycles. The van der Waals surface area contributed by atoms with Crippen LogP contribution in [0.3, 0.4) is 0 Å². The second kappa shape index (κ2) is 6.03. The molecule has 3 N–H and O–H groups in total. The Labute approximate surface area is 124 Å². The molecule has 1 aromatic carbocycles.